The van der Waals surface area contributed by atoms with Crippen molar-refractivity contribution in [3.63, 3.8) is 0 Å². The van der Waals surface area contributed by atoms with Crippen molar-refractivity contribution in [2.24, 2.45) is 5.92 Å². The Morgan fingerprint density at radius 1 is 1.00 bits per heavy atom. The van der Waals surface area contributed by atoms with E-state index in [2.05, 4.69) is 12.1 Å². The van der Waals surface area contributed by atoms with Crippen molar-refractivity contribution in [1.82, 2.24) is 0 Å². The fourth-order valence-electron chi connectivity index (χ4n) is 2.90. The summed E-state index contributed by atoms with van der Waals surface area (Å²) >= 11 is 18.2. The molecule has 0 aromatic heterocycles. The number of ketones is 1. The van der Waals surface area contributed by atoms with Gasteiger partial charge in [0.15, 0.2) is 5.78 Å². The lowest BCUT2D eigenvalue weighted by Crippen LogP contribution is -2.23. The monoisotopic (exact) mass is 338 g/mol. The molecule has 0 radical (unpaired) electrons. The number of aryl methyl sites for hydroxylation is 1. The summed E-state index contributed by atoms with van der Waals surface area (Å²) in [6.07, 6.45) is 2.48. The zero-order valence-electron chi connectivity index (χ0n) is 11.2. The van der Waals surface area contributed by atoms with Crippen LogP contribution in [0, 0.1) is 5.92 Å². The first-order chi connectivity index (χ1) is 10.1. The first kappa shape index (κ1) is 14.9. The molecule has 4 heteroatoms. The number of hydrogen-bond donors (Lipinski definition) is 0. The van der Waals surface area contributed by atoms with Gasteiger partial charge >= 0.3 is 0 Å². The maximum absolute atomic E-state index is 12.8. The largest absolute Gasteiger partial charge is 0.294 e. The number of carbonyl (C=O) groups is 1. The van der Waals surface area contributed by atoms with E-state index in [0.29, 0.717) is 20.6 Å². The molecule has 0 saturated heterocycles. The van der Waals surface area contributed by atoms with Gasteiger partial charge in [0.25, 0.3) is 0 Å². The van der Waals surface area contributed by atoms with E-state index in [4.69, 9.17) is 34.8 Å². The third-order valence-electron chi connectivity index (χ3n) is 3.97. The number of Topliss-reactive ketones (excluding diaryl/α,β-unsaturated/α-hetero) is 1. The molecule has 0 heterocycles. The minimum Gasteiger partial charge on any atom is -0.294 e. The second-order valence-corrected chi connectivity index (χ2v) is 6.57. The smallest absolute Gasteiger partial charge is 0.169 e. The number of benzene rings is 2. The summed E-state index contributed by atoms with van der Waals surface area (Å²) in [6.45, 7) is 0. The van der Waals surface area contributed by atoms with E-state index in [1.165, 1.54) is 11.1 Å². The number of hydrogen-bond acceptors (Lipinski definition) is 1. The fraction of sp³-hybridized carbons (Fsp3) is 0.235. The number of halogens is 3. The Balaban J connectivity index is 1.91. The zero-order valence-corrected chi connectivity index (χ0v) is 13.5. The minimum atomic E-state index is -0.0731. The van der Waals surface area contributed by atoms with Gasteiger partial charge in [0.1, 0.15) is 0 Å². The molecule has 1 atom stereocenters. The first-order valence-corrected chi connectivity index (χ1v) is 7.95. The van der Waals surface area contributed by atoms with Crippen LogP contribution in [0.15, 0.2) is 36.4 Å². The van der Waals surface area contributed by atoms with Crippen molar-refractivity contribution in [1.29, 1.82) is 0 Å². The topological polar surface area (TPSA) is 17.1 Å². The summed E-state index contributed by atoms with van der Waals surface area (Å²) in [4.78, 5) is 12.8. The van der Waals surface area contributed by atoms with Crippen molar-refractivity contribution in [3.8, 4) is 0 Å². The average Bonchev–Trinajstić information content (AvgIpc) is 2.45. The van der Waals surface area contributed by atoms with Gasteiger partial charge in [-0.3, -0.25) is 4.79 Å². The Bertz CT molecular complexity index is 686. The highest BCUT2D eigenvalue weighted by Gasteiger charge is 2.28. The van der Waals surface area contributed by atoms with Crippen LogP contribution < -0.4 is 0 Å². The highest BCUT2D eigenvalue weighted by Crippen LogP contribution is 2.34. The second-order valence-electron chi connectivity index (χ2n) is 5.32. The second kappa shape index (κ2) is 6.00. The van der Waals surface area contributed by atoms with Crippen molar-refractivity contribution >= 4 is 40.6 Å². The number of rotatable bonds is 2. The SMILES string of the molecule is O=C(c1c(Cl)cc(Cl)cc1Cl)C1CCc2ccccc2C1. The molecule has 0 N–H and O–H groups in total. The van der Waals surface area contributed by atoms with Crippen LogP contribution in [0.1, 0.15) is 27.9 Å². The van der Waals surface area contributed by atoms with Crippen LogP contribution in [0.3, 0.4) is 0 Å². The molecule has 2 aromatic carbocycles. The quantitative estimate of drug-likeness (QED) is 0.648. The van der Waals surface area contributed by atoms with Gasteiger partial charge in [-0.1, -0.05) is 59.1 Å². The summed E-state index contributed by atoms with van der Waals surface area (Å²) in [5.74, 6) is -0.0627. The van der Waals surface area contributed by atoms with Crippen LogP contribution in [-0.2, 0) is 12.8 Å². The predicted octanol–water partition coefficient (Wildman–Crippen LogP) is 5.63. The molecular formula is C17H13Cl3O. The van der Waals surface area contributed by atoms with Gasteiger partial charge in [-0.15, -0.1) is 0 Å². The number of carbonyl (C=O) groups excluding carboxylic acids is 1. The standard InChI is InChI=1S/C17H13Cl3O/c18-13-8-14(19)16(15(20)9-13)17(21)12-6-5-10-3-1-2-4-11(10)7-12/h1-4,8-9,12H,5-7H2. The van der Waals surface area contributed by atoms with Gasteiger partial charge in [-0.25, -0.2) is 0 Å². The van der Waals surface area contributed by atoms with Crippen molar-refractivity contribution in [3.05, 3.63) is 68.2 Å². The van der Waals surface area contributed by atoms with Gasteiger partial charge in [0.2, 0.25) is 0 Å². The molecule has 0 amide bonds. The Kier molecular flexibility index (Phi) is 4.26. The lowest BCUT2D eigenvalue weighted by Gasteiger charge is -2.24. The average molecular weight is 340 g/mol. The summed E-state index contributed by atoms with van der Waals surface area (Å²) in [5.41, 5.74) is 2.96. The highest BCUT2D eigenvalue weighted by molar-refractivity contribution is 6.42. The zero-order chi connectivity index (χ0) is 15.0. The summed E-state index contributed by atoms with van der Waals surface area (Å²) in [5, 5.41) is 1.10. The molecule has 0 saturated carbocycles. The molecule has 0 spiro atoms. The van der Waals surface area contributed by atoms with E-state index in [9.17, 15) is 4.79 Å². The van der Waals surface area contributed by atoms with Crippen molar-refractivity contribution < 1.29 is 4.79 Å². The van der Waals surface area contributed by atoms with Crippen LogP contribution in [-0.4, -0.2) is 5.78 Å². The molecule has 1 aliphatic rings. The molecule has 0 bridgehead atoms. The van der Waals surface area contributed by atoms with Gasteiger partial charge in [-0.2, -0.15) is 0 Å². The van der Waals surface area contributed by atoms with E-state index < -0.39 is 0 Å². The molecule has 21 heavy (non-hydrogen) atoms. The molecule has 3 rings (SSSR count). The first-order valence-electron chi connectivity index (χ1n) is 6.82. The Morgan fingerprint density at radius 3 is 2.29 bits per heavy atom. The molecule has 1 aliphatic carbocycles. The molecule has 0 fully saturated rings. The molecule has 1 nitrogen and oxygen atoms in total. The maximum Gasteiger partial charge on any atom is 0.169 e. The Labute approximate surface area is 138 Å². The third-order valence-corrected chi connectivity index (χ3v) is 4.79. The van der Waals surface area contributed by atoms with Crippen molar-refractivity contribution in [2.45, 2.75) is 19.3 Å². The van der Waals surface area contributed by atoms with Crippen LogP contribution in [0.25, 0.3) is 0 Å². The predicted molar refractivity (Wildman–Crippen MR) is 87.8 cm³/mol. The van der Waals surface area contributed by atoms with Crippen LogP contribution in [0.5, 0.6) is 0 Å². The molecule has 1 unspecified atom stereocenters. The van der Waals surface area contributed by atoms with Gasteiger partial charge < -0.3 is 0 Å². The minimum absolute atomic E-state index is 0.0103. The summed E-state index contributed by atoms with van der Waals surface area (Å²) < 4.78 is 0. The summed E-state index contributed by atoms with van der Waals surface area (Å²) in [6, 6.07) is 11.4. The molecule has 108 valence electrons. The normalized spacial score (nSPS) is 17.4. The van der Waals surface area contributed by atoms with Gasteiger partial charge in [-0.05, 0) is 42.5 Å². The molecule has 2 aromatic rings. The lowest BCUT2D eigenvalue weighted by atomic mass is 9.80. The lowest BCUT2D eigenvalue weighted by molar-refractivity contribution is 0.0909. The third kappa shape index (κ3) is 2.96. The van der Waals surface area contributed by atoms with Crippen LogP contribution in [0.4, 0.5) is 0 Å². The van der Waals surface area contributed by atoms with E-state index >= 15 is 0 Å². The Morgan fingerprint density at radius 2 is 1.62 bits per heavy atom. The van der Waals surface area contributed by atoms with Gasteiger partial charge in [0.05, 0.1) is 15.6 Å². The van der Waals surface area contributed by atoms with E-state index in [1.54, 1.807) is 12.1 Å². The van der Waals surface area contributed by atoms with Gasteiger partial charge in [0, 0.05) is 10.9 Å². The van der Waals surface area contributed by atoms with E-state index in [0.717, 1.165) is 19.3 Å². The highest BCUT2D eigenvalue weighted by atomic mass is 35.5. The van der Waals surface area contributed by atoms with Crippen LogP contribution >= 0.6 is 34.8 Å². The van der Waals surface area contributed by atoms with Crippen molar-refractivity contribution in [2.75, 3.05) is 0 Å². The molecule has 0 aliphatic heterocycles. The van der Waals surface area contributed by atoms with E-state index in [-0.39, 0.29) is 11.7 Å². The van der Waals surface area contributed by atoms with Crippen LogP contribution in [0.2, 0.25) is 15.1 Å². The maximum atomic E-state index is 12.8. The fourth-order valence-corrected chi connectivity index (χ4v) is 3.91. The Hall–Kier alpha value is -1.02. The van der Waals surface area contributed by atoms with E-state index in [1.807, 2.05) is 12.1 Å². The number of fused-ring (bicyclic) bond motifs is 1. The molecular weight excluding hydrogens is 327 g/mol. The summed E-state index contributed by atoms with van der Waals surface area (Å²) in [7, 11) is 0.